The van der Waals surface area contributed by atoms with Crippen molar-refractivity contribution in [3.63, 3.8) is 0 Å². The van der Waals surface area contributed by atoms with Crippen molar-refractivity contribution in [3.8, 4) is 0 Å². The van der Waals surface area contributed by atoms with E-state index in [1.54, 1.807) is 6.92 Å². The number of hydrogen-bond acceptors (Lipinski definition) is 4. The highest BCUT2D eigenvalue weighted by Gasteiger charge is 2.33. The van der Waals surface area contributed by atoms with Gasteiger partial charge in [0.2, 0.25) is 5.91 Å². The lowest BCUT2D eigenvalue weighted by atomic mass is 10.1. The number of rotatable bonds is 9. The van der Waals surface area contributed by atoms with E-state index in [1.807, 2.05) is 6.92 Å². The largest absolute Gasteiger partial charge is 0.465 e. The lowest BCUT2D eigenvalue weighted by molar-refractivity contribution is -0.145. The second-order valence-electron chi connectivity index (χ2n) is 5.47. The van der Waals surface area contributed by atoms with E-state index in [2.05, 4.69) is 5.32 Å². The highest BCUT2D eigenvalue weighted by Crippen LogP contribution is 2.34. The van der Waals surface area contributed by atoms with Crippen LogP contribution >= 0.6 is 0 Å². The molecule has 0 fully saturated rings. The van der Waals surface area contributed by atoms with Crippen molar-refractivity contribution in [2.24, 2.45) is 0 Å². The number of carbonyl (C=O) groups is 2. The Balaban J connectivity index is 2.61. The van der Waals surface area contributed by atoms with E-state index >= 15 is 0 Å². The summed E-state index contributed by atoms with van der Waals surface area (Å²) in [4.78, 5) is 25.2. The second-order valence-corrected chi connectivity index (χ2v) is 5.47. The molecule has 0 aliphatic carbocycles. The van der Waals surface area contributed by atoms with Gasteiger partial charge in [0.05, 0.1) is 30.9 Å². The van der Waals surface area contributed by atoms with Gasteiger partial charge >= 0.3 is 12.1 Å². The standard InChI is InChI=1S/C17H23F3N2O3/c1-3-5-10-25-16(24)12-22(4-2)11-15(23)21-14-9-7-6-8-13(14)17(18,19)20/h6-9H,3-5,10-12H2,1-2H3,(H,21,23). The first-order chi connectivity index (χ1) is 11.8. The molecule has 0 saturated heterocycles. The maximum absolute atomic E-state index is 12.9. The Hall–Kier alpha value is -2.09. The molecule has 1 amide bonds. The number of amides is 1. The lowest BCUT2D eigenvalue weighted by Gasteiger charge is -2.20. The molecule has 0 unspecified atom stereocenters. The van der Waals surface area contributed by atoms with Gasteiger partial charge < -0.3 is 10.1 Å². The first kappa shape index (κ1) is 21.0. The molecule has 0 aromatic heterocycles. The number of anilines is 1. The summed E-state index contributed by atoms with van der Waals surface area (Å²) in [7, 11) is 0. The monoisotopic (exact) mass is 360 g/mol. The minimum Gasteiger partial charge on any atom is -0.465 e. The Kier molecular flexibility index (Phi) is 8.40. The molecule has 25 heavy (non-hydrogen) atoms. The summed E-state index contributed by atoms with van der Waals surface area (Å²) < 4.78 is 43.8. The van der Waals surface area contributed by atoms with Gasteiger partial charge in [-0.1, -0.05) is 32.4 Å². The quantitative estimate of drug-likeness (QED) is 0.542. The zero-order valence-electron chi connectivity index (χ0n) is 14.4. The Morgan fingerprint density at radius 1 is 1.16 bits per heavy atom. The summed E-state index contributed by atoms with van der Waals surface area (Å²) in [5.41, 5.74) is -1.22. The molecule has 1 N–H and O–H groups in total. The molecule has 0 bridgehead atoms. The second kappa shape index (κ2) is 10.0. The van der Waals surface area contributed by atoms with Gasteiger partial charge in [-0.3, -0.25) is 14.5 Å². The number of unbranched alkanes of at least 4 members (excludes halogenated alkanes) is 1. The predicted octanol–water partition coefficient (Wildman–Crippen LogP) is 3.31. The summed E-state index contributed by atoms with van der Waals surface area (Å²) in [6, 6.07) is 4.75. The number of halogens is 3. The van der Waals surface area contributed by atoms with Gasteiger partial charge in [-0.15, -0.1) is 0 Å². The topological polar surface area (TPSA) is 58.6 Å². The van der Waals surface area contributed by atoms with Crippen LogP contribution in [-0.2, 0) is 20.5 Å². The SMILES string of the molecule is CCCCOC(=O)CN(CC)CC(=O)Nc1ccccc1C(F)(F)F. The lowest BCUT2D eigenvalue weighted by Crippen LogP contribution is -2.37. The third kappa shape index (κ3) is 7.55. The fraction of sp³-hybridized carbons (Fsp3) is 0.529. The number of hydrogen-bond donors (Lipinski definition) is 1. The molecule has 0 spiro atoms. The number of likely N-dealkylation sites (N-methyl/N-ethyl adjacent to an activating group) is 1. The third-order valence-corrected chi connectivity index (χ3v) is 3.43. The van der Waals surface area contributed by atoms with E-state index in [9.17, 15) is 22.8 Å². The summed E-state index contributed by atoms with van der Waals surface area (Å²) >= 11 is 0. The van der Waals surface area contributed by atoms with Crippen LogP contribution in [0.3, 0.4) is 0 Å². The number of ether oxygens (including phenoxy) is 1. The summed E-state index contributed by atoms with van der Waals surface area (Å²) in [5, 5.41) is 2.25. The van der Waals surface area contributed by atoms with Crippen molar-refractivity contribution < 1.29 is 27.5 Å². The molecule has 1 aromatic rings. The van der Waals surface area contributed by atoms with Crippen LogP contribution < -0.4 is 5.32 Å². The maximum atomic E-state index is 12.9. The van der Waals surface area contributed by atoms with E-state index in [1.165, 1.54) is 23.1 Å². The number of para-hydroxylation sites is 1. The molecule has 0 aliphatic heterocycles. The molecule has 8 heteroatoms. The average molecular weight is 360 g/mol. The summed E-state index contributed by atoms with van der Waals surface area (Å²) in [6.45, 7) is 4.13. The molecular weight excluding hydrogens is 337 g/mol. The number of benzene rings is 1. The highest BCUT2D eigenvalue weighted by molar-refractivity contribution is 5.93. The molecular formula is C17H23F3N2O3. The van der Waals surface area contributed by atoms with Crippen LogP contribution in [0.25, 0.3) is 0 Å². The first-order valence-electron chi connectivity index (χ1n) is 8.12. The van der Waals surface area contributed by atoms with Crippen LogP contribution in [0.1, 0.15) is 32.3 Å². The summed E-state index contributed by atoms with van der Waals surface area (Å²) in [5.74, 6) is -1.08. The number of alkyl halides is 3. The number of nitrogens with one attached hydrogen (secondary N) is 1. The molecule has 5 nitrogen and oxygen atoms in total. The number of carbonyl (C=O) groups excluding carboxylic acids is 2. The van der Waals surface area contributed by atoms with Crippen molar-refractivity contribution in [1.82, 2.24) is 4.90 Å². The van der Waals surface area contributed by atoms with E-state index in [-0.39, 0.29) is 18.8 Å². The van der Waals surface area contributed by atoms with E-state index in [0.717, 1.165) is 18.9 Å². The minimum atomic E-state index is -4.56. The smallest absolute Gasteiger partial charge is 0.418 e. The van der Waals surface area contributed by atoms with Crippen molar-refractivity contribution in [2.45, 2.75) is 32.9 Å². The van der Waals surface area contributed by atoms with Crippen LogP contribution in [0.4, 0.5) is 18.9 Å². The van der Waals surface area contributed by atoms with Crippen LogP contribution in [0.5, 0.6) is 0 Å². The number of esters is 1. The van der Waals surface area contributed by atoms with Crippen LogP contribution in [0.15, 0.2) is 24.3 Å². The highest BCUT2D eigenvalue weighted by atomic mass is 19.4. The van der Waals surface area contributed by atoms with E-state index < -0.39 is 23.6 Å². The maximum Gasteiger partial charge on any atom is 0.418 e. The van der Waals surface area contributed by atoms with Gasteiger partial charge in [-0.05, 0) is 25.1 Å². The van der Waals surface area contributed by atoms with Gasteiger partial charge in [0.1, 0.15) is 0 Å². The average Bonchev–Trinajstić information content (AvgIpc) is 2.54. The zero-order valence-corrected chi connectivity index (χ0v) is 14.4. The van der Waals surface area contributed by atoms with E-state index in [4.69, 9.17) is 4.74 Å². The molecule has 0 atom stereocenters. The van der Waals surface area contributed by atoms with Gasteiger partial charge in [0.15, 0.2) is 0 Å². The van der Waals surface area contributed by atoms with Crippen molar-refractivity contribution in [2.75, 3.05) is 31.6 Å². The first-order valence-corrected chi connectivity index (χ1v) is 8.12. The van der Waals surface area contributed by atoms with Crippen LogP contribution in [0, 0.1) is 0 Å². The molecule has 0 aliphatic rings. The Morgan fingerprint density at radius 2 is 1.84 bits per heavy atom. The Labute approximate surface area is 145 Å². The van der Waals surface area contributed by atoms with Crippen molar-refractivity contribution in [1.29, 1.82) is 0 Å². The number of nitrogens with zero attached hydrogens (tertiary/aromatic N) is 1. The molecule has 1 aromatic carbocycles. The normalized spacial score (nSPS) is 11.4. The van der Waals surface area contributed by atoms with Crippen molar-refractivity contribution >= 4 is 17.6 Å². The third-order valence-electron chi connectivity index (χ3n) is 3.43. The van der Waals surface area contributed by atoms with E-state index in [0.29, 0.717) is 13.2 Å². The minimum absolute atomic E-state index is 0.0887. The Morgan fingerprint density at radius 3 is 2.44 bits per heavy atom. The molecule has 140 valence electrons. The van der Waals surface area contributed by atoms with Crippen molar-refractivity contribution in [3.05, 3.63) is 29.8 Å². The zero-order chi connectivity index (χ0) is 18.9. The van der Waals surface area contributed by atoms with Gasteiger partial charge in [0, 0.05) is 0 Å². The van der Waals surface area contributed by atoms with Gasteiger partial charge in [-0.2, -0.15) is 13.2 Å². The summed E-state index contributed by atoms with van der Waals surface area (Å²) in [6.07, 6.45) is -2.91. The fourth-order valence-electron chi connectivity index (χ4n) is 2.07. The van der Waals surface area contributed by atoms with Gasteiger partial charge in [-0.25, -0.2) is 0 Å². The Bertz CT molecular complexity index is 577. The molecule has 0 heterocycles. The molecule has 1 rings (SSSR count). The van der Waals surface area contributed by atoms with Crippen LogP contribution in [-0.4, -0.2) is 43.0 Å². The fourth-order valence-corrected chi connectivity index (χ4v) is 2.07. The molecule has 0 radical (unpaired) electrons. The molecule has 0 saturated carbocycles. The van der Waals surface area contributed by atoms with Gasteiger partial charge in [0.25, 0.3) is 0 Å². The van der Waals surface area contributed by atoms with Crippen LogP contribution in [0.2, 0.25) is 0 Å². The predicted molar refractivity (Wildman–Crippen MR) is 88.1 cm³/mol.